The van der Waals surface area contributed by atoms with Crippen LogP contribution in [0.1, 0.15) is 35.9 Å². The number of rotatable bonds is 7. The summed E-state index contributed by atoms with van der Waals surface area (Å²) in [4.78, 5) is 21.5. The van der Waals surface area contributed by atoms with Crippen molar-refractivity contribution < 1.29 is 9.18 Å². The fourth-order valence-electron chi connectivity index (χ4n) is 3.17. The van der Waals surface area contributed by atoms with Gasteiger partial charge < -0.3 is 10.6 Å². The number of para-hydroxylation sites is 1. The lowest BCUT2D eigenvalue weighted by Crippen LogP contribution is -2.29. The highest BCUT2D eigenvalue weighted by Crippen LogP contribution is 2.24. The number of hydrogen-bond acceptors (Lipinski definition) is 5. The summed E-state index contributed by atoms with van der Waals surface area (Å²) in [7, 11) is 0. The average Bonchev–Trinajstić information content (AvgIpc) is 3.21. The Balaban J connectivity index is 1.53. The molecule has 0 saturated heterocycles. The van der Waals surface area contributed by atoms with Crippen molar-refractivity contribution in [2.75, 3.05) is 18.4 Å². The molecule has 7 nitrogen and oxygen atoms in total. The van der Waals surface area contributed by atoms with Crippen LogP contribution in [0.15, 0.2) is 60.8 Å². The summed E-state index contributed by atoms with van der Waals surface area (Å²) in [5.74, 6) is 0.483. The highest BCUT2D eigenvalue weighted by atomic mass is 19.1. The van der Waals surface area contributed by atoms with Crippen LogP contribution in [-0.2, 0) is 0 Å². The molecule has 1 amide bonds. The maximum Gasteiger partial charge on any atom is 0.254 e. The van der Waals surface area contributed by atoms with Gasteiger partial charge in [-0.05, 0) is 24.3 Å². The van der Waals surface area contributed by atoms with E-state index in [1.54, 1.807) is 23.0 Å². The Hall–Kier alpha value is -3.81. The van der Waals surface area contributed by atoms with Crippen LogP contribution in [0.4, 0.5) is 10.2 Å². The SMILES string of the molecule is CC(C)c1nc(NCCNC(=O)c2ccccc2F)c2cnn(-c3ccccc3)c2n1. The van der Waals surface area contributed by atoms with Crippen molar-refractivity contribution in [2.24, 2.45) is 0 Å². The van der Waals surface area contributed by atoms with Gasteiger partial charge in [0.05, 0.1) is 22.8 Å². The summed E-state index contributed by atoms with van der Waals surface area (Å²) >= 11 is 0. The van der Waals surface area contributed by atoms with Crippen LogP contribution in [-0.4, -0.2) is 38.7 Å². The first-order chi connectivity index (χ1) is 15.0. The highest BCUT2D eigenvalue weighted by Gasteiger charge is 2.16. The molecule has 0 radical (unpaired) electrons. The quantitative estimate of drug-likeness (QED) is 0.445. The Labute approximate surface area is 179 Å². The molecule has 0 saturated carbocycles. The second-order valence-electron chi connectivity index (χ2n) is 7.38. The fraction of sp³-hybridized carbons (Fsp3) is 0.217. The number of amides is 1. The number of nitrogens with one attached hydrogen (secondary N) is 2. The lowest BCUT2D eigenvalue weighted by atomic mass is 10.2. The first kappa shape index (κ1) is 20.5. The maximum atomic E-state index is 13.7. The number of anilines is 1. The molecule has 0 bridgehead atoms. The van der Waals surface area contributed by atoms with Crippen LogP contribution in [0.5, 0.6) is 0 Å². The number of benzene rings is 2. The van der Waals surface area contributed by atoms with Gasteiger partial charge in [0, 0.05) is 19.0 Å². The van der Waals surface area contributed by atoms with Gasteiger partial charge in [-0.2, -0.15) is 5.10 Å². The number of fused-ring (bicyclic) bond motifs is 1. The first-order valence-electron chi connectivity index (χ1n) is 10.1. The van der Waals surface area contributed by atoms with Gasteiger partial charge in [-0.3, -0.25) is 4.79 Å². The number of halogens is 1. The lowest BCUT2D eigenvalue weighted by molar-refractivity contribution is 0.0951. The van der Waals surface area contributed by atoms with Gasteiger partial charge in [0.2, 0.25) is 0 Å². The number of aromatic nitrogens is 4. The van der Waals surface area contributed by atoms with E-state index >= 15 is 0 Å². The van der Waals surface area contributed by atoms with E-state index in [4.69, 9.17) is 4.98 Å². The molecule has 0 unspecified atom stereocenters. The van der Waals surface area contributed by atoms with Crippen LogP contribution in [0.2, 0.25) is 0 Å². The molecule has 158 valence electrons. The van der Waals surface area contributed by atoms with E-state index in [1.165, 1.54) is 12.1 Å². The second-order valence-corrected chi connectivity index (χ2v) is 7.38. The van der Waals surface area contributed by atoms with Crippen molar-refractivity contribution in [3.8, 4) is 5.69 Å². The van der Waals surface area contributed by atoms with Crippen molar-refractivity contribution in [1.82, 2.24) is 25.1 Å². The molecule has 2 N–H and O–H groups in total. The smallest absolute Gasteiger partial charge is 0.254 e. The number of hydrogen-bond donors (Lipinski definition) is 2. The number of nitrogens with zero attached hydrogens (tertiary/aromatic N) is 4. The Bertz CT molecular complexity index is 1210. The van der Waals surface area contributed by atoms with E-state index in [0.29, 0.717) is 30.4 Å². The third-order valence-electron chi connectivity index (χ3n) is 4.78. The van der Waals surface area contributed by atoms with Crippen molar-refractivity contribution in [1.29, 1.82) is 0 Å². The topological polar surface area (TPSA) is 84.7 Å². The first-order valence-corrected chi connectivity index (χ1v) is 10.1. The van der Waals surface area contributed by atoms with E-state index in [9.17, 15) is 9.18 Å². The van der Waals surface area contributed by atoms with Crippen LogP contribution in [0.3, 0.4) is 0 Å². The van der Waals surface area contributed by atoms with Crippen LogP contribution >= 0.6 is 0 Å². The molecular formula is C23H23FN6O. The Morgan fingerprint density at radius 1 is 1.03 bits per heavy atom. The summed E-state index contributed by atoms with van der Waals surface area (Å²) in [5.41, 5.74) is 1.65. The van der Waals surface area contributed by atoms with Crippen molar-refractivity contribution >= 4 is 22.8 Å². The predicted octanol–water partition coefficient (Wildman–Crippen LogP) is 3.92. The molecule has 0 aliphatic rings. The molecule has 0 aliphatic carbocycles. The van der Waals surface area contributed by atoms with Crippen molar-refractivity contribution in [2.45, 2.75) is 19.8 Å². The molecule has 0 fully saturated rings. The van der Waals surface area contributed by atoms with E-state index in [-0.39, 0.29) is 11.5 Å². The third kappa shape index (κ3) is 4.37. The Morgan fingerprint density at radius 2 is 1.77 bits per heavy atom. The molecule has 2 aromatic carbocycles. The van der Waals surface area contributed by atoms with Crippen LogP contribution < -0.4 is 10.6 Å². The molecule has 4 rings (SSSR count). The number of carbonyl (C=O) groups excluding carboxylic acids is 1. The molecule has 2 heterocycles. The lowest BCUT2D eigenvalue weighted by Gasteiger charge is -2.12. The van der Waals surface area contributed by atoms with Gasteiger partial charge >= 0.3 is 0 Å². The van der Waals surface area contributed by atoms with Gasteiger partial charge in [-0.15, -0.1) is 0 Å². The standard InChI is InChI=1S/C23H23FN6O/c1-15(2)20-28-21(25-12-13-26-23(31)17-10-6-7-11-19(17)24)18-14-27-30(22(18)29-20)16-8-4-3-5-9-16/h3-11,14-15H,12-13H2,1-2H3,(H,26,31)(H,25,28,29). The molecule has 4 aromatic rings. The fourth-order valence-corrected chi connectivity index (χ4v) is 3.17. The second kappa shape index (κ2) is 8.91. The molecule has 0 atom stereocenters. The minimum atomic E-state index is -0.541. The summed E-state index contributed by atoms with van der Waals surface area (Å²) in [6.07, 6.45) is 1.73. The monoisotopic (exact) mass is 418 g/mol. The van der Waals surface area contributed by atoms with Gasteiger partial charge in [-0.1, -0.05) is 44.2 Å². The molecular weight excluding hydrogens is 395 g/mol. The highest BCUT2D eigenvalue weighted by molar-refractivity contribution is 5.94. The molecule has 31 heavy (non-hydrogen) atoms. The summed E-state index contributed by atoms with van der Waals surface area (Å²) < 4.78 is 15.5. The zero-order chi connectivity index (χ0) is 21.8. The Kier molecular flexibility index (Phi) is 5.88. The van der Waals surface area contributed by atoms with Gasteiger partial charge in [-0.25, -0.2) is 19.0 Å². The zero-order valence-corrected chi connectivity index (χ0v) is 17.3. The van der Waals surface area contributed by atoms with Gasteiger partial charge in [0.15, 0.2) is 5.65 Å². The normalized spacial score (nSPS) is 11.1. The maximum absolute atomic E-state index is 13.7. The minimum absolute atomic E-state index is 0.0261. The summed E-state index contributed by atoms with van der Waals surface area (Å²) in [5, 5.41) is 11.3. The van der Waals surface area contributed by atoms with E-state index in [2.05, 4.69) is 20.7 Å². The van der Waals surface area contributed by atoms with E-state index < -0.39 is 11.7 Å². The van der Waals surface area contributed by atoms with E-state index in [1.807, 2.05) is 44.2 Å². The minimum Gasteiger partial charge on any atom is -0.368 e. The van der Waals surface area contributed by atoms with Crippen LogP contribution in [0, 0.1) is 5.82 Å². The molecule has 8 heteroatoms. The number of carbonyl (C=O) groups is 1. The van der Waals surface area contributed by atoms with Crippen LogP contribution in [0.25, 0.3) is 16.7 Å². The average molecular weight is 418 g/mol. The Morgan fingerprint density at radius 3 is 2.52 bits per heavy atom. The largest absolute Gasteiger partial charge is 0.368 e. The van der Waals surface area contributed by atoms with Gasteiger partial charge in [0.1, 0.15) is 17.5 Å². The zero-order valence-electron chi connectivity index (χ0n) is 17.3. The summed E-state index contributed by atoms with van der Waals surface area (Å²) in [6, 6.07) is 15.7. The molecule has 2 aromatic heterocycles. The van der Waals surface area contributed by atoms with Crippen molar-refractivity contribution in [3.63, 3.8) is 0 Å². The third-order valence-corrected chi connectivity index (χ3v) is 4.78. The molecule has 0 spiro atoms. The molecule has 0 aliphatic heterocycles. The van der Waals surface area contributed by atoms with Gasteiger partial charge in [0.25, 0.3) is 5.91 Å². The predicted molar refractivity (Wildman–Crippen MR) is 118 cm³/mol. The van der Waals surface area contributed by atoms with E-state index in [0.717, 1.165) is 11.1 Å². The summed E-state index contributed by atoms with van der Waals surface area (Å²) in [6.45, 7) is 4.79. The van der Waals surface area contributed by atoms with Crippen molar-refractivity contribution in [3.05, 3.63) is 78.0 Å².